The second-order valence-corrected chi connectivity index (χ2v) is 11.4. The van der Waals surface area contributed by atoms with Crippen LogP contribution in [0.2, 0.25) is 0 Å². The fourth-order valence-corrected chi connectivity index (χ4v) is 4.94. The average Bonchev–Trinajstić information content (AvgIpc) is 3.02. The number of ether oxygens (including phenoxy) is 1. The predicted octanol–water partition coefficient (Wildman–Crippen LogP) is 8.13. The van der Waals surface area contributed by atoms with Crippen LogP contribution in [-0.2, 0) is 19.4 Å². The van der Waals surface area contributed by atoms with Crippen LogP contribution in [0.5, 0.6) is 17.2 Å². The molecule has 0 radical (unpaired) electrons. The lowest BCUT2D eigenvalue weighted by atomic mass is 9.86. The normalized spacial score (nSPS) is 11.6. The van der Waals surface area contributed by atoms with Crippen LogP contribution in [0.1, 0.15) is 74.3 Å². The van der Waals surface area contributed by atoms with Gasteiger partial charge in [-0.1, -0.05) is 101 Å². The van der Waals surface area contributed by atoms with E-state index in [0.29, 0.717) is 37.1 Å². The van der Waals surface area contributed by atoms with Crippen LogP contribution >= 0.6 is 0 Å². The third-order valence-electron chi connectivity index (χ3n) is 7.21. The van der Waals surface area contributed by atoms with E-state index in [-0.39, 0.29) is 11.7 Å². The summed E-state index contributed by atoms with van der Waals surface area (Å²) < 4.78 is 19.5. The zero-order chi connectivity index (χ0) is 31.7. The minimum Gasteiger partial charge on any atom is -0.508 e. The number of hydrogen-bond donors (Lipinski definition) is 4. The highest BCUT2D eigenvalue weighted by molar-refractivity contribution is 5.44. The van der Waals surface area contributed by atoms with Crippen molar-refractivity contribution in [2.24, 2.45) is 0 Å². The number of phenols is 2. The van der Waals surface area contributed by atoms with E-state index in [4.69, 9.17) is 4.74 Å². The van der Waals surface area contributed by atoms with Crippen LogP contribution in [0.4, 0.5) is 4.39 Å². The number of phenolic OH excluding ortho intramolecular Hbond substituents is 2. The summed E-state index contributed by atoms with van der Waals surface area (Å²) in [7, 11) is 0. The molecule has 236 valence electrons. The Bertz CT molecular complexity index is 1380. The molecule has 0 aliphatic carbocycles. The Morgan fingerprint density at radius 2 is 1.50 bits per heavy atom. The minimum absolute atomic E-state index is 0.102. The van der Waals surface area contributed by atoms with Gasteiger partial charge in [0, 0.05) is 36.1 Å². The molecule has 1 atom stereocenters. The van der Waals surface area contributed by atoms with E-state index in [1.807, 2.05) is 48.5 Å². The molecular weight excluding hydrogens is 551 g/mol. The molecule has 5 nitrogen and oxygen atoms in total. The van der Waals surface area contributed by atoms with Crippen molar-refractivity contribution in [3.05, 3.63) is 125 Å². The fourth-order valence-electron chi connectivity index (χ4n) is 4.94. The smallest absolute Gasteiger partial charge is 0.165 e. The molecule has 0 saturated heterocycles. The molecule has 4 rings (SSSR count). The van der Waals surface area contributed by atoms with Crippen molar-refractivity contribution in [1.82, 2.24) is 10.6 Å². The maximum absolute atomic E-state index is 13.5. The van der Waals surface area contributed by atoms with Crippen LogP contribution in [0.15, 0.2) is 91.0 Å². The number of nitrogens with one attached hydrogen (secondary N) is 2. The predicted molar refractivity (Wildman–Crippen MR) is 179 cm³/mol. The maximum Gasteiger partial charge on any atom is 0.165 e. The van der Waals surface area contributed by atoms with Gasteiger partial charge in [-0.15, -0.1) is 0 Å². The largest absolute Gasteiger partial charge is 0.508 e. The van der Waals surface area contributed by atoms with Crippen LogP contribution in [0.3, 0.4) is 0 Å². The molecule has 0 bridgehead atoms. The van der Waals surface area contributed by atoms with Crippen molar-refractivity contribution in [2.45, 2.75) is 71.9 Å². The average molecular weight is 601 g/mol. The Balaban J connectivity index is 0.00000169. The van der Waals surface area contributed by atoms with Crippen molar-refractivity contribution in [3.63, 3.8) is 0 Å². The number of halogens is 1. The fraction of sp³-hybridized carbons (Fsp3) is 0.368. The van der Waals surface area contributed by atoms with E-state index in [1.165, 1.54) is 18.1 Å². The topological polar surface area (TPSA) is 73.8 Å². The third-order valence-corrected chi connectivity index (χ3v) is 7.21. The zero-order valence-corrected chi connectivity index (χ0v) is 26.7. The van der Waals surface area contributed by atoms with E-state index in [0.717, 1.165) is 48.2 Å². The lowest BCUT2D eigenvalue weighted by Gasteiger charge is -2.21. The van der Waals surface area contributed by atoms with E-state index in [9.17, 15) is 14.6 Å². The Morgan fingerprint density at radius 3 is 2.20 bits per heavy atom. The maximum atomic E-state index is 13.5. The van der Waals surface area contributed by atoms with Crippen molar-refractivity contribution in [3.8, 4) is 17.2 Å². The molecule has 0 fully saturated rings. The summed E-state index contributed by atoms with van der Waals surface area (Å²) in [6, 6.07) is 29.3. The minimum atomic E-state index is -0.600. The molecule has 4 aromatic rings. The number of benzene rings is 4. The molecular formula is C38H49FN2O3. The summed E-state index contributed by atoms with van der Waals surface area (Å²) in [5.74, 6) is 0.347. The second-order valence-electron chi connectivity index (χ2n) is 11.4. The van der Waals surface area contributed by atoms with Crippen molar-refractivity contribution >= 4 is 0 Å². The van der Waals surface area contributed by atoms with Gasteiger partial charge in [-0.05, 0) is 66.9 Å². The molecule has 0 spiro atoms. The van der Waals surface area contributed by atoms with Gasteiger partial charge in [0.2, 0.25) is 0 Å². The van der Waals surface area contributed by atoms with E-state index >= 15 is 0 Å². The molecule has 0 unspecified atom stereocenters. The summed E-state index contributed by atoms with van der Waals surface area (Å²) in [5.41, 5.74) is 4.99. The van der Waals surface area contributed by atoms with Gasteiger partial charge in [-0.3, -0.25) is 0 Å². The third kappa shape index (κ3) is 11.3. The molecule has 0 heterocycles. The van der Waals surface area contributed by atoms with E-state index in [1.54, 1.807) is 18.2 Å². The monoisotopic (exact) mass is 600 g/mol. The molecule has 0 aliphatic heterocycles. The first-order valence-electron chi connectivity index (χ1n) is 15.8. The molecule has 0 aromatic heterocycles. The first-order chi connectivity index (χ1) is 21.3. The molecule has 44 heavy (non-hydrogen) atoms. The van der Waals surface area contributed by atoms with Gasteiger partial charge in [0.15, 0.2) is 11.6 Å². The molecule has 4 N–H and O–H groups in total. The van der Waals surface area contributed by atoms with Crippen LogP contribution in [0, 0.1) is 5.82 Å². The lowest BCUT2D eigenvalue weighted by Crippen LogP contribution is -2.25. The first kappa shape index (κ1) is 34.6. The Morgan fingerprint density at radius 1 is 0.795 bits per heavy atom. The summed E-state index contributed by atoms with van der Waals surface area (Å²) in [6.45, 7) is 11.1. The van der Waals surface area contributed by atoms with Crippen LogP contribution in [-0.4, -0.2) is 36.0 Å². The van der Waals surface area contributed by atoms with Crippen LogP contribution < -0.4 is 15.4 Å². The SMILES string of the molecule is CC(C)NCC[C@H](c1ccccc1)c1cc(CCOc2ccc(CCNCc3cccc(F)c3O)cc2)ccc1O.CCC. The summed E-state index contributed by atoms with van der Waals surface area (Å²) in [4.78, 5) is 0. The highest BCUT2D eigenvalue weighted by atomic mass is 19.1. The highest BCUT2D eigenvalue weighted by Crippen LogP contribution is 2.34. The zero-order valence-electron chi connectivity index (χ0n) is 26.7. The van der Waals surface area contributed by atoms with Crippen molar-refractivity contribution < 1.29 is 19.3 Å². The van der Waals surface area contributed by atoms with Gasteiger partial charge in [-0.25, -0.2) is 4.39 Å². The molecule has 6 heteroatoms. The van der Waals surface area contributed by atoms with Gasteiger partial charge in [0.25, 0.3) is 0 Å². The van der Waals surface area contributed by atoms with Gasteiger partial charge < -0.3 is 25.6 Å². The summed E-state index contributed by atoms with van der Waals surface area (Å²) in [6.07, 6.45) is 3.68. The van der Waals surface area contributed by atoms with Crippen LogP contribution in [0.25, 0.3) is 0 Å². The standard InChI is InChI=1S/C35H41FN2O3.C3H8/c1-25(2)38-21-18-31(28-7-4-3-5-8-28)32-23-27(13-16-34(32)39)19-22-41-30-14-11-26(12-15-30)17-20-37-24-29-9-6-10-33(36)35(29)40;1-3-2/h3-16,23,25,31,37-40H,17-22,24H2,1-2H3;3H2,1-2H3/t31-;/m1./s1. The molecule has 0 amide bonds. The Kier molecular flexibility index (Phi) is 14.7. The summed E-state index contributed by atoms with van der Waals surface area (Å²) in [5, 5.41) is 27.3. The van der Waals surface area contributed by atoms with E-state index in [2.05, 4.69) is 56.5 Å². The van der Waals surface area contributed by atoms with Crippen molar-refractivity contribution in [2.75, 3.05) is 19.7 Å². The number of para-hydroxylation sites is 1. The summed E-state index contributed by atoms with van der Waals surface area (Å²) >= 11 is 0. The lowest BCUT2D eigenvalue weighted by molar-refractivity contribution is 0.321. The van der Waals surface area contributed by atoms with Gasteiger partial charge in [0.05, 0.1) is 6.61 Å². The Labute approximate surface area is 263 Å². The Hall–Kier alpha value is -3.87. The van der Waals surface area contributed by atoms with E-state index < -0.39 is 5.82 Å². The van der Waals surface area contributed by atoms with Gasteiger partial charge in [0.1, 0.15) is 11.5 Å². The first-order valence-corrected chi connectivity index (χ1v) is 15.8. The molecule has 0 aliphatic rings. The quantitative estimate of drug-likeness (QED) is 0.104. The molecule has 4 aromatic carbocycles. The number of aromatic hydroxyl groups is 2. The van der Waals surface area contributed by atoms with Crippen molar-refractivity contribution in [1.29, 1.82) is 0 Å². The number of rotatable bonds is 15. The molecule has 0 saturated carbocycles. The number of hydrogen-bond acceptors (Lipinski definition) is 5. The van der Waals surface area contributed by atoms with Gasteiger partial charge in [-0.2, -0.15) is 0 Å². The second kappa shape index (κ2) is 18.7. The highest BCUT2D eigenvalue weighted by Gasteiger charge is 2.18. The van der Waals surface area contributed by atoms with Gasteiger partial charge >= 0.3 is 0 Å².